The SMILES string of the molecule is CCCCc1ccc(/C=N/NC(=O)COc2cc(C)nc(SCC)n2)cc1. The van der Waals surface area contributed by atoms with Gasteiger partial charge in [-0.05, 0) is 36.6 Å². The number of unbranched alkanes of at least 4 members (excludes halogenated alkanes) is 1. The molecule has 1 aromatic carbocycles. The molecule has 2 rings (SSSR count). The van der Waals surface area contributed by atoms with Crippen molar-refractivity contribution >= 4 is 23.9 Å². The van der Waals surface area contributed by atoms with E-state index in [1.807, 2.05) is 26.0 Å². The lowest BCUT2D eigenvalue weighted by Crippen LogP contribution is -2.25. The number of hydrogen-bond donors (Lipinski definition) is 1. The van der Waals surface area contributed by atoms with Gasteiger partial charge >= 0.3 is 0 Å². The Morgan fingerprint density at radius 1 is 1.26 bits per heavy atom. The van der Waals surface area contributed by atoms with Gasteiger partial charge in [-0.15, -0.1) is 0 Å². The zero-order chi connectivity index (χ0) is 19.5. The molecule has 0 spiro atoms. The average Bonchev–Trinajstić information content (AvgIpc) is 2.65. The Morgan fingerprint density at radius 3 is 2.74 bits per heavy atom. The fourth-order valence-electron chi connectivity index (χ4n) is 2.28. The number of nitrogens with one attached hydrogen (secondary N) is 1. The maximum atomic E-state index is 11.9. The van der Waals surface area contributed by atoms with Gasteiger partial charge in [-0.3, -0.25) is 4.79 Å². The van der Waals surface area contributed by atoms with E-state index in [0.29, 0.717) is 11.0 Å². The van der Waals surface area contributed by atoms with Crippen LogP contribution in [0, 0.1) is 6.92 Å². The quantitative estimate of drug-likeness (QED) is 0.291. The van der Waals surface area contributed by atoms with Crippen LogP contribution >= 0.6 is 11.8 Å². The number of aromatic nitrogens is 2. The van der Waals surface area contributed by atoms with E-state index in [1.54, 1.807) is 12.3 Å². The second-order valence-electron chi connectivity index (χ2n) is 5.99. The number of ether oxygens (including phenoxy) is 1. The number of thioether (sulfide) groups is 1. The number of carbonyl (C=O) groups excluding carboxylic acids is 1. The minimum Gasteiger partial charge on any atom is -0.467 e. The number of nitrogens with zero attached hydrogens (tertiary/aromatic N) is 3. The molecule has 7 heteroatoms. The molecule has 1 aromatic heterocycles. The van der Waals surface area contributed by atoms with E-state index in [0.717, 1.165) is 23.4 Å². The third-order valence-electron chi connectivity index (χ3n) is 3.64. The van der Waals surface area contributed by atoms with Crippen LogP contribution in [-0.2, 0) is 11.2 Å². The summed E-state index contributed by atoms with van der Waals surface area (Å²) in [5, 5.41) is 4.62. The summed E-state index contributed by atoms with van der Waals surface area (Å²) in [6.07, 6.45) is 5.08. The van der Waals surface area contributed by atoms with Crippen LogP contribution in [0.25, 0.3) is 0 Å². The predicted molar refractivity (Wildman–Crippen MR) is 109 cm³/mol. The average molecular weight is 387 g/mol. The first-order valence-corrected chi connectivity index (χ1v) is 10.1. The molecular weight excluding hydrogens is 360 g/mol. The molecule has 0 radical (unpaired) electrons. The van der Waals surface area contributed by atoms with Crippen molar-refractivity contribution in [2.45, 2.75) is 45.2 Å². The van der Waals surface area contributed by atoms with Crippen molar-refractivity contribution in [1.82, 2.24) is 15.4 Å². The van der Waals surface area contributed by atoms with Gasteiger partial charge in [0, 0.05) is 11.8 Å². The summed E-state index contributed by atoms with van der Waals surface area (Å²) >= 11 is 1.53. The van der Waals surface area contributed by atoms with E-state index < -0.39 is 0 Å². The van der Waals surface area contributed by atoms with Crippen LogP contribution in [0.4, 0.5) is 0 Å². The Hall–Kier alpha value is -2.41. The standard InChI is InChI=1S/C20H26N4O2S/c1-4-6-7-16-8-10-17(11-9-16)13-21-24-18(25)14-26-19-12-15(3)22-20(23-19)27-5-2/h8-13H,4-7,14H2,1-3H3,(H,24,25)/b21-13+. The molecule has 0 saturated carbocycles. The molecule has 0 aliphatic rings. The highest BCUT2D eigenvalue weighted by atomic mass is 32.2. The van der Waals surface area contributed by atoms with Crippen LogP contribution in [0.2, 0.25) is 0 Å². The van der Waals surface area contributed by atoms with Crippen molar-refractivity contribution in [3.63, 3.8) is 0 Å². The van der Waals surface area contributed by atoms with Gasteiger partial charge in [0.1, 0.15) is 0 Å². The minimum absolute atomic E-state index is 0.153. The molecule has 27 heavy (non-hydrogen) atoms. The van der Waals surface area contributed by atoms with Gasteiger partial charge in [0.25, 0.3) is 5.91 Å². The third kappa shape index (κ3) is 7.78. The Morgan fingerprint density at radius 2 is 2.04 bits per heavy atom. The van der Waals surface area contributed by atoms with Crippen molar-refractivity contribution in [1.29, 1.82) is 0 Å². The van der Waals surface area contributed by atoms with Crippen LogP contribution < -0.4 is 10.2 Å². The van der Waals surface area contributed by atoms with Crippen LogP contribution in [0.3, 0.4) is 0 Å². The fourth-order valence-corrected chi connectivity index (χ4v) is 2.90. The highest BCUT2D eigenvalue weighted by molar-refractivity contribution is 7.99. The van der Waals surface area contributed by atoms with Crippen molar-refractivity contribution in [3.8, 4) is 5.88 Å². The molecular formula is C20H26N4O2S. The molecule has 0 atom stereocenters. The monoisotopic (exact) mass is 386 g/mol. The summed E-state index contributed by atoms with van der Waals surface area (Å²) in [5.74, 6) is 0.921. The largest absolute Gasteiger partial charge is 0.467 e. The third-order valence-corrected chi connectivity index (χ3v) is 4.37. The number of carbonyl (C=O) groups is 1. The van der Waals surface area contributed by atoms with Crippen molar-refractivity contribution < 1.29 is 9.53 Å². The number of benzene rings is 1. The smallest absolute Gasteiger partial charge is 0.278 e. The Labute approximate surface area is 164 Å². The van der Waals surface area contributed by atoms with Gasteiger partial charge in [0.15, 0.2) is 11.8 Å². The van der Waals surface area contributed by atoms with Gasteiger partial charge in [0.2, 0.25) is 5.88 Å². The molecule has 2 aromatic rings. The number of hydrogen-bond acceptors (Lipinski definition) is 6. The van der Waals surface area contributed by atoms with Crippen molar-refractivity contribution in [3.05, 3.63) is 47.2 Å². The lowest BCUT2D eigenvalue weighted by Gasteiger charge is -2.06. The molecule has 0 aliphatic carbocycles. The Kier molecular flexibility index (Phi) is 8.77. The Bertz CT molecular complexity index is 763. The van der Waals surface area contributed by atoms with Crippen LogP contribution in [0.1, 0.15) is 43.5 Å². The minimum atomic E-state index is -0.341. The van der Waals surface area contributed by atoms with Gasteiger partial charge in [-0.2, -0.15) is 10.1 Å². The molecule has 0 fully saturated rings. The van der Waals surface area contributed by atoms with Gasteiger partial charge in [-0.1, -0.05) is 56.3 Å². The summed E-state index contributed by atoms with van der Waals surface area (Å²) in [6.45, 7) is 5.93. The fraction of sp³-hybridized carbons (Fsp3) is 0.400. The normalized spacial score (nSPS) is 10.9. The maximum Gasteiger partial charge on any atom is 0.278 e. The van der Waals surface area contributed by atoms with Crippen LogP contribution in [-0.4, -0.2) is 34.4 Å². The lowest BCUT2D eigenvalue weighted by atomic mass is 10.1. The van der Waals surface area contributed by atoms with E-state index in [4.69, 9.17) is 4.74 Å². The van der Waals surface area contributed by atoms with Gasteiger partial charge < -0.3 is 4.74 Å². The molecule has 144 valence electrons. The molecule has 1 amide bonds. The molecule has 0 aliphatic heterocycles. The van der Waals surface area contributed by atoms with Crippen LogP contribution in [0.5, 0.6) is 5.88 Å². The lowest BCUT2D eigenvalue weighted by molar-refractivity contribution is -0.123. The first-order valence-electron chi connectivity index (χ1n) is 9.12. The summed E-state index contributed by atoms with van der Waals surface area (Å²) in [7, 11) is 0. The van der Waals surface area contributed by atoms with Crippen molar-refractivity contribution in [2.75, 3.05) is 12.4 Å². The molecule has 1 N–H and O–H groups in total. The first kappa shape index (κ1) is 20.9. The van der Waals surface area contributed by atoms with Crippen molar-refractivity contribution in [2.24, 2.45) is 5.10 Å². The van der Waals surface area contributed by atoms with E-state index >= 15 is 0 Å². The highest BCUT2D eigenvalue weighted by Crippen LogP contribution is 2.17. The molecule has 0 bridgehead atoms. The Balaban J connectivity index is 1.79. The second-order valence-corrected chi connectivity index (χ2v) is 7.22. The number of hydrazone groups is 1. The van der Waals surface area contributed by atoms with E-state index in [2.05, 4.69) is 39.6 Å². The molecule has 1 heterocycles. The molecule has 0 unspecified atom stereocenters. The summed E-state index contributed by atoms with van der Waals surface area (Å²) in [5.41, 5.74) is 5.51. The summed E-state index contributed by atoms with van der Waals surface area (Å²) in [4.78, 5) is 20.4. The molecule has 6 nitrogen and oxygen atoms in total. The number of amides is 1. The van der Waals surface area contributed by atoms with E-state index in [-0.39, 0.29) is 12.5 Å². The zero-order valence-electron chi connectivity index (χ0n) is 16.1. The highest BCUT2D eigenvalue weighted by Gasteiger charge is 2.06. The van der Waals surface area contributed by atoms with Gasteiger partial charge in [0.05, 0.1) is 6.21 Å². The second kappa shape index (κ2) is 11.3. The van der Waals surface area contributed by atoms with E-state index in [1.165, 1.54) is 30.2 Å². The predicted octanol–water partition coefficient (Wildman–Crippen LogP) is 3.77. The maximum absolute atomic E-state index is 11.9. The summed E-state index contributed by atoms with van der Waals surface area (Å²) < 4.78 is 5.44. The zero-order valence-corrected chi connectivity index (χ0v) is 16.9. The van der Waals surface area contributed by atoms with E-state index in [9.17, 15) is 4.79 Å². The topological polar surface area (TPSA) is 76.5 Å². The van der Waals surface area contributed by atoms with Crippen LogP contribution in [0.15, 0.2) is 40.6 Å². The molecule has 0 saturated heterocycles. The number of rotatable bonds is 10. The number of aryl methyl sites for hydroxylation is 2. The summed E-state index contributed by atoms with van der Waals surface area (Å²) in [6, 6.07) is 9.87. The van der Waals surface area contributed by atoms with Gasteiger partial charge in [-0.25, -0.2) is 10.4 Å². The first-order chi connectivity index (χ1) is 13.1.